The molecule has 4 nitrogen and oxygen atoms in total. The van der Waals surface area contributed by atoms with Gasteiger partial charge in [-0.25, -0.2) is 4.98 Å². The molecule has 1 amide bonds. The molecule has 1 heterocycles. The minimum atomic E-state index is -0.310. The topological polar surface area (TPSA) is 51.2 Å². The van der Waals surface area contributed by atoms with Gasteiger partial charge in [0.2, 0.25) is 5.91 Å². The highest BCUT2D eigenvalue weighted by Gasteiger charge is 2.25. The number of methoxy groups -OCH3 is 1. The molecule has 0 aliphatic heterocycles. The molecule has 1 fully saturated rings. The number of carbonyl (C=O) groups is 1. The van der Waals surface area contributed by atoms with Crippen LogP contribution in [-0.4, -0.2) is 35.4 Å². The fraction of sp³-hybridized carbons (Fsp3) is 0.733. The molecule has 1 atom stereocenters. The molecule has 1 aromatic heterocycles. The fourth-order valence-corrected chi connectivity index (χ4v) is 4.89. The lowest BCUT2D eigenvalue weighted by Crippen LogP contribution is -2.43. The van der Waals surface area contributed by atoms with E-state index in [1.165, 1.54) is 4.34 Å². The summed E-state index contributed by atoms with van der Waals surface area (Å²) < 4.78 is 6.35. The Labute approximate surface area is 135 Å². The van der Waals surface area contributed by atoms with Gasteiger partial charge in [0.25, 0.3) is 0 Å². The van der Waals surface area contributed by atoms with Crippen LogP contribution >= 0.6 is 23.1 Å². The van der Waals surface area contributed by atoms with Gasteiger partial charge in [0, 0.05) is 29.5 Å². The number of nitrogens with zero attached hydrogens (tertiary/aromatic N) is 1. The third kappa shape index (κ3) is 4.97. The van der Waals surface area contributed by atoms with Crippen molar-refractivity contribution in [2.75, 3.05) is 7.11 Å². The number of rotatable bonds is 6. The van der Waals surface area contributed by atoms with Gasteiger partial charge in [0.05, 0.1) is 0 Å². The maximum absolute atomic E-state index is 12.0. The van der Waals surface area contributed by atoms with Crippen LogP contribution in [0.3, 0.4) is 0 Å². The molecule has 0 radical (unpaired) electrons. The maximum atomic E-state index is 12.0. The predicted octanol–water partition coefficient (Wildman–Crippen LogP) is 3.40. The van der Waals surface area contributed by atoms with E-state index in [0.29, 0.717) is 11.3 Å². The van der Waals surface area contributed by atoms with E-state index < -0.39 is 0 Å². The molecule has 0 spiro atoms. The molecule has 1 aromatic rings. The number of amides is 1. The molecule has 1 saturated carbocycles. The average molecular weight is 329 g/mol. The quantitative estimate of drug-likeness (QED) is 0.869. The zero-order chi connectivity index (χ0) is 15.2. The number of carbonyl (C=O) groups excluding carboxylic acids is 1. The second-order valence-corrected chi connectivity index (χ2v) is 7.89. The average Bonchev–Trinajstić information content (AvgIpc) is 2.88. The number of ether oxygens (including phenoxy) is 1. The lowest BCUT2D eigenvalue weighted by atomic mass is 9.95. The van der Waals surface area contributed by atoms with Gasteiger partial charge in [0.1, 0.15) is 10.4 Å². The van der Waals surface area contributed by atoms with E-state index >= 15 is 0 Å². The van der Waals surface area contributed by atoms with Crippen molar-refractivity contribution in [1.82, 2.24) is 10.3 Å². The van der Waals surface area contributed by atoms with Gasteiger partial charge in [-0.15, -0.1) is 11.3 Å². The summed E-state index contributed by atoms with van der Waals surface area (Å²) in [6, 6.07) is 0.302. The molecule has 0 aromatic carbocycles. The van der Waals surface area contributed by atoms with Gasteiger partial charge in [-0.3, -0.25) is 4.79 Å². The lowest BCUT2D eigenvalue weighted by Gasteiger charge is -2.29. The first-order valence-corrected chi connectivity index (χ1v) is 9.30. The largest absolute Gasteiger partial charge is 0.372 e. The summed E-state index contributed by atoms with van der Waals surface area (Å²) in [5.74, 6) is 0.0339. The van der Waals surface area contributed by atoms with Gasteiger partial charge < -0.3 is 10.1 Å². The zero-order valence-corrected chi connectivity index (χ0v) is 14.6. The molecule has 1 aliphatic carbocycles. The predicted molar refractivity (Wildman–Crippen MR) is 88.0 cm³/mol. The van der Waals surface area contributed by atoms with Crippen molar-refractivity contribution >= 4 is 29.0 Å². The van der Waals surface area contributed by atoms with E-state index in [4.69, 9.17) is 4.74 Å². The van der Waals surface area contributed by atoms with Gasteiger partial charge in [-0.05, 0) is 39.0 Å². The first-order chi connectivity index (χ1) is 10.1. The van der Waals surface area contributed by atoms with Crippen LogP contribution in [-0.2, 0) is 9.53 Å². The van der Waals surface area contributed by atoms with E-state index in [-0.39, 0.29) is 12.0 Å². The zero-order valence-electron chi connectivity index (χ0n) is 12.9. The van der Waals surface area contributed by atoms with Crippen molar-refractivity contribution in [3.63, 3.8) is 0 Å². The highest BCUT2D eigenvalue weighted by Crippen LogP contribution is 2.35. The standard InChI is InChI=1S/C15H24N2O2S2/c1-4-13(19-3)14(18)17-11-5-7-12(8-6-11)21-15-16-10(2)9-20-15/h9,11-13H,4-8H2,1-3H3,(H,17,18). The highest BCUT2D eigenvalue weighted by molar-refractivity contribution is 8.01. The third-order valence-electron chi connectivity index (χ3n) is 3.83. The molecule has 118 valence electrons. The lowest BCUT2D eigenvalue weighted by molar-refractivity contribution is -0.132. The Morgan fingerprint density at radius 3 is 2.76 bits per heavy atom. The fourth-order valence-electron chi connectivity index (χ4n) is 2.61. The van der Waals surface area contributed by atoms with Gasteiger partial charge in [-0.1, -0.05) is 18.7 Å². The Balaban J connectivity index is 1.74. The highest BCUT2D eigenvalue weighted by atomic mass is 32.2. The SMILES string of the molecule is CCC(OC)C(=O)NC1CCC(Sc2nc(C)cs2)CC1. The Kier molecular flexibility index (Phi) is 6.51. The van der Waals surface area contributed by atoms with Crippen LogP contribution in [0.25, 0.3) is 0 Å². The van der Waals surface area contributed by atoms with E-state index in [1.54, 1.807) is 18.4 Å². The summed E-state index contributed by atoms with van der Waals surface area (Å²) in [5, 5.41) is 5.86. The number of hydrogen-bond donors (Lipinski definition) is 1. The van der Waals surface area contributed by atoms with Gasteiger partial charge in [-0.2, -0.15) is 0 Å². The minimum Gasteiger partial charge on any atom is -0.372 e. The van der Waals surface area contributed by atoms with Crippen LogP contribution in [0.4, 0.5) is 0 Å². The number of aryl methyl sites for hydroxylation is 1. The summed E-state index contributed by atoms with van der Waals surface area (Å²) in [4.78, 5) is 16.5. The summed E-state index contributed by atoms with van der Waals surface area (Å²) in [5.41, 5.74) is 1.11. The van der Waals surface area contributed by atoms with E-state index in [2.05, 4.69) is 15.7 Å². The number of thiazole rings is 1. The first kappa shape index (κ1) is 16.8. The van der Waals surface area contributed by atoms with Gasteiger partial charge >= 0.3 is 0 Å². The Bertz CT molecular complexity index is 452. The van der Waals surface area contributed by atoms with Crippen LogP contribution in [0.5, 0.6) is 0 Å². The molecular weight excluding hydrogens is 304 g/mol. The van der Waals surface area contributed by atoms with Crippen molar-refractivity contribution in [2.45, 2.75) is 67.7 Å². The van der Waals surface area contributed by atoms with Crippen molar-refractivity contribution in [3.8, 4) is 0 Å². The normalized spacial score (nSPS) is 23.8. The molecule has 1 aliphatic rings. The smallest absolute Gasteiger partial charge is 0.249 e. The van der Waals surface area contributed by atoms with Crippen LogP contribution in [0, 0.1) is 6.92 Å². The second kappa shape index (κ2) is 8.15. The Morgan fingerprint density at radius 1 is 1.52 bits per heavy atom. The van der Waals surface area contributed by atoms with E-state index in [0.717, 1.165) is 37.8 Å². The van der Waals surface area contributed by atoms with Crippen molar-refractivity contribution < 1.29 is 9.53 Å². The molecule has 0 saturated heterocycles. The summed E-state index contributed by atoms with van der Waals surface area (Å²) in [7, 11) is 1.59. The van der Waals surface area contributed by atoms with E-state index in [9.17, 15) is 4.79 Å². The molecular formula is C15H24N2O2S2. The van der Waals surface area contributed by atoms with Crippen LogP contribution in [0.15, 0.2) is 9.72 Å². The summed E-state index contributed by atoms with van der Waals surface area (Å²) in [6.07, 6.45) is 4.78. The second-order valence-electron chi connectivity index (χ2n) is 5.49. The molecule has 0 bridgehead atoms. The van der Waals surface area contributed by atoms with Crippen molar-refractivity contribution in [1.29, 1.82) is 0 Å². The van der Waals surface area contributed by atoms with Crippen LogP contribution < -0.4 is 5.32 Å². The van der Waals surface area contributed by atoms with Crippen LogP contribution in [0.1, 0.15) is 44.7 Å². The van der Waals surface area contributed by atoms with Crippen LogP contribution in [0.2, 0.25) is 0 Å². The molecule has 6 heteroatoms. The first-order valence-electron chi connectivity index (χ1n) is 7.54. The molecule has 1 N–H and O–H groups in total. The molecule has 2 rings (SSSR count). The monoisotopic (exact) mass is 328 g/mol. The van der Waals surface area contributed by atoms with Crippen molar-refractivity contribution in [3.05, 3.63) is 11.1 Å². The molecule has 1 unspecified atom stereocenters. The number of hydrogen-bond acceptors (Lipinski definition) is 5. The van der Waals surface area contributed by atoms with E-state index in [1.807, 2.05) is 25.6 Å². The Hall–Kier alpha value is -0.590. The summed E-state index contributed by atoms with van der Waals surface area (Å²) >= 11 is 3.62. The number of nitrogens with one attached hydrogen (secondary N) is 1. The Morgan fingerprint density at radius 2 is 2.24 bits per heavy atom. The molecule has 21 heavy (non-hydrogen) atoms. The number of aromatic nitrogens is 1. The summed E-state index contributed by atoms with van der Waals surface area (Å²) in [6.45, 7) is 4.00. The maximum Gasteiger partial charge on any atom is 0.249 e. The minimum absolute atomic E-state index is 0.0339. The van der Waals surface area contributed by atoms with Gasteiger partial charge in [0.15, 0.2) is 0 Å². The van der Waals surface area contributed by atoms with Crippen molar-refractivity contribution in [2.24, 2.45) is 0 Å². The third-order valence-corrected chi connectivity index (χ3v) is 6.26. The number of thioether (sulfide) groups is 1.